The Labute approximate surface area is 131 Å². The number of carbonyl (C=O) groups is 1. The van der Waals surface area contributed by atoms with Gasteiger partial charge < -0.3 is 16.0 Å². The largest absolute Gasteiger partial charge is 0.349 e. The zero-order valence-corrected chi connectivity index (χ0v) is 13.7. The Morgan fingerprint density at radius 3 is 2.65 bits per heavy atom. The van der Waals surface area contributed by atoms with E-state index in [4.69, 9.17) is 5.73 Å². The molecule has 0 saturated carbocycles. The van der Waals surface area contributed by atoms with Crippen molar-refractivity contribution < 1.29 is 4.79 Å². The third-order valence-electron chi connectivity index (χ3n) is 3.34. The second kappa shape index (κ2) is 7.41. The summed E-state index contributed by atoms with van der Waals surface area (Å²) < 4.78 is 0. The Hall–Kier alpha value is -0.620. The zero-order valence-electron chi connectivity index (χ0n) is 12.1. The fraction of sp³-hybridized carbons (Fsp3) is 0.643. The molecule has 0 aliphatic carbocycles. The van der Waals surface area contributed by atoms with E-state index in [1.54, 1.807) is 11.3 Å². The lowest BCUT2D eigenvalue weighted by atomic mass is 10.0. The molecule has 0 spiro atoms. The van der Waals surface area contributed by atoms with E-state index in [1.165, 1.54) is 0 Å². The maximum absolute atomic E-state index is 11.9. The molecular formula is C14H24ClN3OS. The van der Waals surface area contributed by atoms with Crippen LogP contribution in [0.3, 0.4) is 0 Å². The average molecular weight is 318 g/mol. The minimum Gasteiger partial charge on any atom is -0.349 e. The summed E-state index contributed by atoms with van der Waals surface area (Å²) in [4.78, 5) is 14.3. The van der Waals surface area contributed by atoms with Crippen molar-refractivity contribution in [2.24, 2.45) is 5.73 Å². The maximum atomic E-state index is 11.9. The molecule has 1 aliphatic rings. The molecule has 6 heteroatoms. The highest BCUT2D eigenvalue weighted by Crippen LogP contribution is 2.14. The SMILES string of the molecule is CC(C)(N)CN1CCC(NC(=O)c2ccsc2)CC1.Cl. The van der Waals surface area contributed by atoms with Gasteiger partial charge in [-0.05, 0) is 38.1 Å². The van der Waals surface area contributed by atoms with Crippen molar-refractivity contribution in [3.63, 3.8) is 0 Å². The second-order valence-corrected chi connectivity index (χ2v) is 6.80. The normalized spacial score (nSPS) is 17.6. The molecule has 0 bridgehead atoms. The first kappa shape index (κ1) is 17.4. The van der Waals surface area contributed by atoms with E-state index in [9.17, 15) is 4.79 Å². The van der Waals surface area contributed by atoms with Gasteiger partial charge in [-0.3, -0.25) is 4.79 Å². The van der Waals surface area contributed by atoms with Gasteiger partial charge in [0.15, 0.2) is 0 Å². The third-order valence-corrected chi connectivity index (χ3v) is 4.02. The number of nitrogens with zero attached hydrogens (tertiary/aromatic N) is 1. The Kier molecular flexibility index (Phi) is 6.45. The minimum atomic E-state index is -0.146. The molecule has 3 N–H and O–H groups in total. The zero-order chi connectivity index (χ0) is 13.9. The van der Waals surface area contributed by atoms with Gasteiger partial charge in [0.25, 0.3) is 5.91 Å². The second-order valence-electron chi connectivity index (χ2n) is 6.02. The van der Waals surface area contributed by atoms with Crippen LogP contribution >= 0.6 is 23.7 Å². The van der Waals surface area contributed by atoms with Crippen LogP contribution < -0.4 is 11.1 Å². The van der Waals surface area contributed by atoms with Crippen LogP contribution in [0, 0.1) is 0 Å². The summed E-state index contributed by atoms with van der Waals surface area (Å²) in [6.07, 6.45) is 2.01. The van der Waals surface area contributed by atoms with Crippen LogP contribution in [0.25, 0.3) is 0 Å². The number of nitrogens with one attached hydrogen (secondary N) is 1. The summed E-state index contributed by atoms with van der Waals surface area (Å²) in [5, 5.41) is 6.94. The number of thiophene rings is 1. The molecule has 20 heavy (non-hydrogen) atoms. The van der Waals surface area contributed by atoms with Gasteiger partial charge in [-0.2, -0.15) is 11.3 Å². The number of rotatable bonds is 4. The average Bonchev–Trinajstić information content (AvgIpc) is 2.83. The summed E-state index contributed by atoms with van der Waals surface area (Å²) >= 11 is 1.55. The van der Waals surface area contributed by atoms with E-state index < -0.39 is 0 Å². The molecule has 0 atom stereocenters. The first-order chi connectivity index (χ1) is 8.94. The highest BCUT2D eigenvalue weighted by Gasteiger charge is 2.24. The van der Waals surface area contributed by atoms with Gasteiger partial charge >= 0.3 is 0 Å². The van der Waals surface area contributed by atoms with Gasteiger partial charge in [0.05, 0.1) is 0 Å². The summed E-state index contributed by atoms with van der Waals surface area (Å²) in [6.45, 7) is 7.04. The molecule has 0 unspecified atom stereocenters. The summed E-state index contributed by atoms with van der Waals surface area (Å²) in [7, 11) is 0. The van der Waals surface area contributed by atoms with Crippen molar-refractivity contribution in [2.45, 2.75) is 38.3 Å². The van der Waals surface area contributed by atoms with Crippen LogP contribution in [-0.2, 0) is 0 Å². The van der Waals surface area contributed by atoms with Crippen LogP contribution in [0.15, 0.2) is 16.8 Å². The highest BCUT2D eigenvalue weighted by atomic mass is 35.5. The predicted octanol–water partition coefficient (Wildman–Crippen LogP) is 2.10. The van der Waals surface area contributed by atoms with E-state index in [1.807, 2.05) is 16.8 Å². The molecule has 2 rings (SSSR count). The summed E-state index contributed by atoms with van der Waals surface area (Å²) in [5.41, 5.74) is 6.66. The van der Waals surface area contributed by atoms with Crippen molar-refractivity contribution in [3.05, 3.63) is 22.4 Å². The highest BCUT2D eigenvalue weighted by molar-refractivity contribution is 7.08. The molecule has 4 nitrogen and oxygen atoms in total. The quantitative estimate of drug-likeness (QED) is 0.894. The number of halogens is 1. The fourth-order valence-corrected chi connectivity index (χ4v) is 3.11. The van der Waals surface area contributed by atoms with E-state index in [2.05, 4.69) is 24.1 Å². The molecule has 1 amide bonds. The topological polar surface area (TPSA) is 58.4 Å². The molecule has 0 radical (unpaired) electrons. The van der Waals surface area contributed by atoms with Crippen molar-refractivity contribution in [1.82, 2.24) is 10.2 Å². The van der Waals surface area contributed by atoms with Crippen molar-refractivity contribution in [3.8, 4) is 0 Å². The third kappa shape index (κ3) is 5.40. The smallest absolute Gasteiger partial charge is 0.252 e. The van der Waals surface area contributed by atoms with E-state index in [0.29, 0.717) is 6.04 Å². The van der Waals surface area contributed by atoms with Crippen LogP contribution in [0.4, 0.5) is 0 Å². The van der Waals surface area contributed by atoms with Crippen LogP contribution in [0.5, 0.6) is 0 Å². The molecule has 1 fully saturated rings. The molecule has 1 saturated heterocycles. The van der Waals surface area contributed by atoms with E-state index in [0.717, 1.165) is 38.0 Å². The van der Waals surface area contributed by atoms with E-state index >= 15 is 0 Å². The number of likely N-dealkylation sites (tertiary alicyclic amines) is 1. The predicted molar refractivity (Wildman–Crippen MR) is 86.8 cm³/mol. The number of piperidine rings is 1. The summed E-state index contributed by atoms with van der Waals surface area (Å²) in [5.74, 6) is 0.0545. The lowest BCUT2D eigenvalue weighted by Gasteiger charge is -2.36. The number of amides is 1. The standard InChI is InChI=1S/C14H23N3OS.ClH/c1-14(2,15)10-17-6-3-12(4-7-17)16-13(18)11-5-8-19-9-11;/h5,8-9,12H,3-4,6-7,10,15H2,1-2H3,(H,16,18);1H. The summed E-state index contributed by atoms with van der Waals surface area (Å²) in [6, 6.07) is 2.16. The van der Waals surface area contributed by atoms with Crippen molar-refractivity contribution >= 4 is 29.7 Å². The molecule has 2 heterocycles. The Morgan fingerprint density at radius 1 is 1.50 bits per heavy atom. The Bertz CT molecular complexity index is 409. The lowest BCUT2D eigenvalue weighted by molar-refractivity contribution is 0.0905. The molecule has 0 aromatic carbocycles. The number of hydrogen-bond acceptors (Lipinski definition) is 4. The molecule has 1 aliphatic heterocycles. The van der Waals surface area contributed by atoms with Gasteiger partial charge in [0.2, 0.25) is 0 Å². The first-order valence-electron chi connectivity index (χ1n) is 6.78. The van der Waals surface area contributed by atoms with Crippen LogP contribution in [-0.4, -0.2) is 42.0 Å². The Balaban J connectivity index is 0.00000200. The first-order valence-corrected chi connectivity index (χ1v) is 7.73. The molecule has 114 valence electrons. The van der Waals surface area contributed by atoms with Crippen molar-refractivity contribution in [2.75, 3.05) is 19.6 Å². The minimum absolute atomic E-state index is 0. The van der Waals surface area contributed by atoms with Crippen LogP contribution in [0.2, 0.25) is 0 Å². The molecule has 1 aromatic rings. The van der Waals surface area contributed by atoms with Crippen LogP contribution in [0.1, 0.15) is 37.0 Å². The monoisotopic (exact) mass is 317 g/mol. The van der Waals surface area contributed by atoms with Gasteiger partial charge in [0.1, 0.15) is 0 Å². The molecular weight excluding hydrogens is 294 g/mol. The van der Waals surface area contributed by atoms with Gasteiger partial charge in [-0.1, -0.05) is 0 Å². The van der Waals surface area contributed by atoms with Gasteiger partial charge in [0, 0.05) is 42.2 Å². The molecule has 1 aromatic heterocycles. The maximum Gasteiger partial charge on any atom is 0.252 e. The number of hydrogen-bond donors (Lipinski definition) is 2. The number of nitrogens with two attached hydrogens (primary N) is 1. The van der Waals surface area contributed by atoms with Gasteiger partial charge in [-0.15, -0.1) is 12.4 Å². The number of carbonyl (C=O) groups excluding carboxylic acids is 1. The Morgan fingerprint density at radius 2 is 2.15 bits per heavy atom. The van der Waals surface area contributed by atoms with E-state index in [-0.39, 0.29) is 23.9 Å². The van der Waals surface area contributed by atoms with Crippen molar-refractivity contribution in [1.29, 1.82) is 0 Å². The van der Waals surface area contributed by atoms with Gasteiger partial charge in [-0.25, -0.2) is 0 Å². The fourth-order valence-electron chi connectivity index (χ4n) is 2.47. The lowest BCUT2D eigenvalue weighted by Crippen LogP contribution is -2.51.